The van der Waals surface area contributed by atoms with Crippen molar-refractivity contribution in [3.05, 3.63) is 22.4 Å². The van der Waals surface area contributed by atoms with E-state index in [0.717, 1.165) is 45.6 Å². The van der Waals surface area contributed by atoms with E-state index in [0.29, 0.717) is 32.8 Å². The topological polar surface area (TPSA) is 56.3 Å². The number of amides is 2. The Morgan fingerprint density at radius 1 is 1.14 bits per heavy atom. The Hall–Kier alpha value is -1.48. The number of rotatable bonds is 5. The van der Waals surface area contributed by atoms with Crippen molar-refractivity contribution in [3.63, 3.8) is 0 Å². The van der Waals surface area contributed by atoms with E-state index < -0.39 is 0 Å². The molecule has 3 aliphatic heterocycles. The fourth-order valence-corrected chi connectivity index (χ4v) is 5.49. The molecular weight excluding hydrogens is 388 g/mol. The molecule has 2 atom stereocenters. The van der Waals surface area contributed by atoms with E-state index in [9.17, 15) is 9.59 Å². The minimum atomic E-state index is -0.132. The largest absolute Gasteiger partial charge is 0.379 e. The highest BCUT2D eigenvalue weighted by Gasteiger charge is 2.36. The summed E-state index contributed by atoms with van der Waals surface area (Å²) in [5.41, 5.74) is 0. The fourth-order valence-electron chi connectivity index (χ4n) is 4.61. The van der Waals surface area contributed by atoms with Crippen LogP contribution in [0, 0.1) is 0 Å². The molecule has 29 heavy (non-hydrogen) atoms. The SMILES string of the molecule is CC(C(=O)N1CCCC1c1cccs1)N1CCN(C(=O)CN2CCOCC2)CC1. The number of hydrogen-bond acceptors (Lipinski definition) is 6. The number of piperazine rings is 1. The molecule has 0 radical (unpaired) electrons. The van der Waals surface area contributed by atoms with Gasteiger partial charge in [-0.15, -0.1) is 11.3 Å². The first-order chi connectivity index (χ1) is 14.1. The molecule has 8 heteroatoms. The van der Waals surface area contributed by atoms with E-state index in [4.69, 9.17) is 4.74 Å². The monoisotopic (exact) mass is 420 g/mol. The van der Waals surface area contributed by atoms with Gasteiger partial charge in [-0.1, -0.05) is 6.07 Å². The van der Waals surface area contributed by atoms with Gasteiger partial charge in [0.05, 0.1) is 31.8 Å². The van der Waals surface area contributed by atoms with Crippen LogP contribution >= 0.6 is 11.3 Å². The van der Waals surface area contributed by atoms with Gasteiger partial charge in [-0.2, -0.15) is 0 Å². The highest BCUT2D eigenvalue weighted by atomic mass is 32.1. The zero-order valence-electron chi connectivity index (χ0n) is 17.3. The van der Waals surface area contributed by atoms with Gasteiger partial charge < -0.3 is 14.5 Å². The summed E-state index contributed by atoms with van der Waals surface area (Å²) in [5, 5.41) is 2.09. The van der Waals surface area contributed by atoms with Gasteiger partial charge in [0.15, 0.2) is 0 Å². The zero-order valence-corrected chi connectivity index (χ0v) is 18.1. The molecule has 4 heterocycles. The zero-order chi connectivity index (χ0) is 20.2. The standard InChI is InChI=1S/C21H32N4O3S/c1-17(21(27)25-6-2-4-18(25)19-5-3-15-29-19)23-7-9-24(10-8-23)20(26)16-22-11-13-28-14-12-22/h3,5,15,17-18H,2,4,6-14,16H2,1H3. The van der Waals surface area contributed by atoms with Crippen molar-refractivity contribution in [2.24, 2.45) is 0 Å². The Labute approximate surface area is 177 Å². The van der Waals surface area contributed by atoms with Gasteiger partial charge in [0.1, 0.15) is 0 Å². The molecule has 0 saturated carbocycles. The Bertz CT molecular complexity index is 684. The van der Waals surface area contributed by atoms with Crippen LogP contribution in [0.4, 0.5) is 0 Å². The molecule has 1 aromatic heterocycles. The lowest BCUT2D eigenvalue weighted by Gasteiger charge is -2.40. The summed E-state index contributed by atoms with van der Waals surface area (Å²) in [6.07, 6.45) is 2.13. The lowest BCUT2D eigenvalue weighted by atomic mass is 10.1. The van der Waals surface area contributed by atoms with E-state index >= 15 is 0 Å². The van der Waals surface area contributed by atoms with Crippen molar-refractivity contribution in [2.45, 2.75) is 31.8 Å². The van der Waals surface area contributed by atoms with E-state index in [2.05, 4.69) is 32.2 Å². The number of likely N-dealkylation sites (tertiary alicyclic amines) is 1. The van der Waals surface area contributed by atoms with Crippen LogP contribution in [0.3, 0.4) is 0 Å². The lowest BCUT2D eigenvalue weighted by molar-refractivity contribution is -0.140. The minimum Gasteiger partial charge on any atom is -0.379 e. The summed E-state index contributed by atoms with van der Waals surface area (Å²) in [4.78, 5) is 35.6. The molecule has 160 valence electrons. The Balaban J connectivity index is 1.27. The highest BCUT2D eigenvalue weighted by Crippen LogP contribution is 2.35. The van der Waals surface area contributed by atoms with Crippen LogP contribution in [0.2, 0.25) is 0 Å². The van der Waals surface area contributed by atoms with Crippen molar-refractivity contribution in [1.29, 1.82) is 0 Å². The second kappa shape index (κ2) is 9.55. The van der Waals surface area contributed by atoms with Gasteiger partial charge in [-0.3, -0.25) is 19.4 Å². The van der Waals surface area contributed by atoms with E-state index in [-0.39, 0.29) is 23.9 Å². The third-order valence-electron chi connectivity index (χ3n) is 6.44. The molecule has 0 N–H and O–H groups in total. The predicted octanol–water partition coefficient (Wildman–Crippen LogP) is 1.28. The van der Waals surface area contributed by atoms with Gasteiger partial charge >= 0.3 is 0 Å². The van der Waals surface area contributed by atoms with Gasteiger partial charge in [0.2, 0.25) is 11.8 Å². The van der Waals surface area contributed by atoms with Crippen molar-refractivity contribution in [3.8, 4) is 0 Å². The molecule has 0 aromatic carbocycles. The predicted molar refractivity (Wildman–Crippen MR) is 113 cm³/mol. The Kier molecular flexibility index (Phi) is 6.85. The van der Waals surface area contributed by atoms with Crippen LogP contribution in [-0.2, 0) is 14.3 Å². The number of thiophene rings is 1. The second-order valence-electron chi connectivity index (χ2n) is 8.19. The van der Waals surface area contributed by atoms with Gasteiger partial charge in [0, 0.05) is 50.7 Å². The van der Waals surface area contributed by atoms with E-state index in [1.165, 1.54) is 4.88 Å². The van der Waals surface area contributed by atoms with Crippen LogP contribution in [0.15, 0.2) is 17.5 Å². The van der Waals surface area contributed by atoms with Crippen molar-refractivity contribution >= 4 is 23.2 Å². The minimum absolute atomic E-state index is 0.132. The summed E-state index contributed by atoms with van der Waals surface area (Å²) in [7, 11) is 0. The highest BCUT2D eigenvalue weighted by molar-refractivity contribution is 7.10. The summed E-state index contributed by atoms with van der Waals surface area (Å²) in [5.74, 6) is 0.428. The molecule has 2 unspecified atom stereocenters. The fraction of sp³-hybridized carbons (Fsp3) is 0.714. The molecule has 3 aliphatic rings. The number of carbonyl (C=O) groups is 2. The maximum Gasteiger partial charge on any atom is 0.240 e. The van der Waals surface area contributed by atoms with Gasteiger partial charge in [0.25, 0.3) is 0 Å². The quantitative estimate of drug-likeness (QED) is 0.718. The van der Waals surface area contributed by atoms with E-state index in [1.54, 1.807) is 11.3 Å². The molecule has 4 rings (SSSR count). The first-order valence-electron chi connectivity index (χ1n) is 10.8. The molecule has 3 saturated heterocycles. The molecular formula is C21H32N4O3S. The van der Waals surface area contributed by atoms with Gasteiger partial charge in [-0.25, -0.2) is 0 Å². The number of ether oxygens (including phenoxy) is 1. The van der Waals surface area contributed by atoms with Crippen molar-refractivity contribution < 1.29 is 14.3 Å². The number of carbonyl (C=O) groups excluding carboxylic acids is 2. The third-order valence-corrected chi connectivity index (χ3v) is 7.42. The Morgan fingerprint density at radius 3 is 2.59 bits per heavy atom. The van der Waals surface area contributed by atoms with Crippen molar-refractivity contribution in [2.75, 3.05) is 65.6 Å². The lowest BCUT2D eigenvalue weighted by Crippen LogP contribution is -2.56. The molecule has 2 amide bonds. The normalized spacial score (nSPS) is 25.3. The molecule has 7 nitrogen and oxygen atoms in total. The molecule has 0 bridgehead atoms. The number of nitrogens with zero attached hydrogens (tertiary/aromatic N) is 4. The summed E-state index contributed by atoms with van der Waals surface area (Å²) >= 11 is 1.74. The first-order valence-corrected chi connectivity index (χ1v) is 11.7. The molecule has 0 spiro atoms. The number of hydrogen-bond donors (Lipinski definition) is 0. The second-order valence-corrected chi connectivity index (χ2v) is 9.17. The Morgan fingerprint density at radius 2 is 1.90 bits per heavy atom. The maximum atomic E-state index is 13.2. The van der Waals surface area contributed by atoms with E-state index in [1.807, 2.05) is 11.8 Å². The molecule has 1 aromatic rings. The van der Waals surface area contributed by atoms with Crippen LogP contribution in [0.5, 0.6) is 0 Å². The molecule has 0 aliphatic carbocycles. The van der Waals surface area contributed by atoms with Crippen molar-refractivity contribution in [1.82, 2.24) is 19.6 Å². The van der Waals surface area contributed by atoms with Crippen LogP contribution in [0.25, 0.3) is 0 Å². The average Bonchev–Trinajstić information content (AvgIpc) is 3.45. The summed E-state index contributed by atoms with van der Waals surface area (Å²) in [6, 6.07) is 4.32. The summed E-state index contributed by atoms with van der Waals surface area (Å²) < 4.78 is 5.35. The van der Waals surface area contributed by atoms with Gasteiger partial charge in [-0.05, 0) is 31.2 Å². The third kappa shape index (κ3) is 4.82. The first kappa shape index (κ1) is 20.8. The van der Waals surface area contributed by atoms with Crippen LogP contribution in [-0.4, -0.2) is 103 Å². The number of morpholine rings is 1. The molecule has 3 fully saturated rings. The smallest absolute Gasteiger partial charge is 0.240 e. The van der Waals surface area contributed by atoms with Crippen LogP contribution < -0.4 is 0 Å². The summed E-state index contributed by atoms with van der Waals surface area (Å²) in [6.45, 7) is 9.38. The average molecular weight is 421 g/mol. The van der Waals surface area contributed by atoms with Crippen LogP contribution in [0.1, 0.15) is 30.7 Å². The maximum absolute atomic E-state index is 13.2.